The molecular formula is C24H29N5O6S. The van der Waals surface area contributed by atoms with Crippen LogP contribution in [0, 0.1) is 0 Å². The van der Waals surface area contributed by atoms with Gasteiger partial charge in [-0.1, -0.05) is 17.8 Å². The number of nitrogens with one attached hydrogen (secondary N) is 2. The molecule has 2 N–H and O–H groups in total. The highest BCUT2D eigenvalue weighted by Gasteiger charge is 2.16. The third-order valence-corrected chi connectivity index (χ3v) is 6.15. The number of carbonyl (C=O) groups excluding carboxylic acids is 2. The maximum Gasteiger partial charge on any atom is 0.269 e. The average Bonchev–Trinajstić information content (AvgIpc) is 3.30. The third-order valence-electron chi connectivity index (χ3n) is 5.18. The molecule has 2 aromatic carbocycles. The number of methoxy groups -OCH3 is 4. The molecule has 0 radical (unpaired) electrons. The number of hydrazine groups is 1. The molecule has 0 saturated heterocycles. The van der Waals surface area contributed by atoms with Crippen molar-refractivity contribution in [2.45, 2.75) is 25.0 Å². The quantitative estimate of drug-likeness (QED) is 0.293. The topological polar surface area (TPSA) is 126 Å². The van der Waals surface area contributed by atoms with Crippen LogP contribution >= 0.6 is 11.8 Å². The van der Waals surface area contributed by atoms with Crippen LogP contribution in [-0.4, -0.2) is 60.8 Å². The number of carbonyl (C=O) groups is 2. The molecule has 0 aliphatic heterocycles. The second-order valence-electron chi connectivity index (χ2n) is 7.40. The minimum Gasteiger partial charge on any atom is -0.497 e. The zero-order valence-corrected chi connectivity index (χ0v) is 21.6. The number of nitrogens with zero attached hydrogens (tertiary/aromatic N) is 3. The Hall–Kier alpha value is -3.93. The molecule has 0 atom stereocenters. The summed E-state index contributed by atoms with van der Waals surface area (Å²) in [5, 5.41) is 9.14. The van der Waals surface area contributed by atoms with E-state index < -0.39 is 11.8 Å². The van der Waals surface area contributed by atoms with Gasteiger partial charge in [0.15, 0.2) is 16.7 Å². The van der Waals surface area contributed by atoms with Crippen molar-refractivity contribution >= 4 is 23.6 Å². The van der Waals surface area contributed by atoms with Crippen molar-refractivity contribution in [1.82, 2.24) is 25.6 Å². The number of ether oxygens (including phenoxy) is 4. The summed E-state index contributed by atoms with van der Waals surface area (Å²) in [7, 11) is 6.16. The fourth-order valence-electron chi connectivity index (χ4n) is 3.35. The van der Waals surface area contributed by atoms with Gasteiger partial charge < -0.3 is 23.5 Å². The van der Waals surface area contributed by atoms with E-state index in [2.05, 4.69) is 21.0 Å². The molecule has 0 fully saturated rings. The van der Waals surface area contributed by atoms with Gasteiger partial charge in [0.05, 0.1) is 34.2 Å². The van der Waals surface area contributed by atoms with E-state index in [0.717, 1.165) is 11.4 Å². The van der Waals surface area contributed by atoms with Crippen LogP contribution in [0.5, 0.6) is 23.0 Å². The molecular weight excluding hydrogens is 486 g/mol. The largest absolute Gasteiger partial charge is 0.497 e. The number of thioether (sulfide) groups is 1. The van der Waals surface area contributed by atoms with Gasteiger partial charge in [-0.3, -0.25) is 20.4 Å². The van der Waals surface area contributed by atoms with Gasteiger partial charge in [-0.2, -0.15) is 0 Å². The highest BCUT2D eigenvalue weighted by atomic mass is 32.2. The molecule has 0 aliphatic rings. The standard InChI is InChI=1S/C24H29N5O6S/c1-6-29-21(10-15-7-8-19(34-4)20(9-15)35-5)25-28-24(29)36-14-22(30)26-27-23(31)16-11-17(32-2)13-18(12-16)33-3/h7-9,11-13H,6,10,14H2,1-5H3,(H,26,30)(H,27,31). The average molecular weight is 516 g/mol. The third kappa shape index (κ3) is 6.60. The SMILES string of the molecule is CCn1c(Cc2ccc(OC)c(OC)c2)nnc1SCC(=O)NNC(=O)c1cc(OC)cc(OC)c1. The molecule has 11 nitrogen and oxygen atoms in total. The Morgan fingerprint density at radius 3 is 2.19 bits per heavy atom. The van der Waals surface area contributed by atoms with E-state index in [9.17, 15) is 9.59 Å². The zero-order chi connectivity index (χ0) is 26.1. The lowest BCUT2D eigenvalue weighted by Crippen LogP contribution is -2.42. The van der Waals surface area contributed by atoms with Crippen molar-refractivity contribution in [1.29, 1.82) is 0 Å². The van der Waals surface area contributed by atoms with E-state index in [1.807, 2.05) is 29.7 Å². The highest BCUT2D eigenvalue weighted by Crippen LogP contribution is 2.29. The highest BCUT2D eigenvalue weighted by molar-refractivity contribution is 7.99. The molecule has 3 aromatic rings. The lowest BCUT2D eigenvalue weighted by molar-refractivity contribution is -0.119. The molecule has 0 aliphatic carbocycles. The number of hydrogen-bond acceptors (Lipinski definition) is 9. The smallest absolute Gasteiger partial charge is 0.269 e. The summed E-state index contributed by atoms with van der Waals surface area (Å²) in [6.07, 6.45) is 0.536. The number of amides is 2. The molecule has 2 amide bonds. The van der Waals surface area contributed by atoms with Crippen LogP contribution in [0.1, 0.15) is 28.7 Å². The molecule has 36 heavy (non-hydrogen) atoms. The summed E-state index contributed by atoms with van der Waals surface area (Å²) in [6.45, 7) is 2.61. The number of rotatable bonds is 11. The van der Waals surface area contributed by atoms with E-state index in [1.165, 1.54) is 26.0 Å². The number of aromatic nitrogens is 3. The van der Waals surface area contributed by atoms with Crippen molar-refractivity contribution < 1.29 is 28.5 Å². The molecule has 1 heterocycles. The minimum absolute atomic E-state index is 0.0379. The molecule has 0 bridgehead atoms. The van der Waals surface area contributed by atoms with Crippen LogP contribution in [0.25, 0.3) is 0 Å². The van der Waals surface area contributed by atoms with E-state index in [0.29, 0.717) is 41.1 Å². The maximum atomic E-state index is 12.4. The molecule has 0 saturated carbocycles. The van der Waals surface area contributed by atoms with Crippen molar-refractivity contribution in [3.05, 3.63) is 53.3 Å². The fraction of sp³-hybridized carbons (Fsp3) is 0.333. The second kappa shape index (κ2) is 12.7. The van der Waals surface area contributed by atoms with Gasteiger partial charge in [-0.05, 0) is 36.8 Å². The van der Waals surface area contributed by atoms with Crippen molar-refractivity contribution in [2.24, 2.45) is 0 Å². The van der Waals surface area contributed by atoms with E-state index >= 15 is 0 Å². The van der Waals surface area contributed by atoms with Gasteiger partial charge in [0.1, 0.15) is 17.3 Å². The Balaban J connectivity index is 1.58. The molecule has 3 rings (SSSR count). The van der Waals surface area contributed by atoms with Crippen LogP contribution in [0.15, 0.2) is 41.6 Å². The Morgan fingerprint density at radius 2 is 1.58 bits per heavy atom. The predicted molar refractivity (Wildman–Crippen MR) is 134 cm³/mol. The van der Waals surface area contributed by atoms with Gasteiger partial charge >= 0.3 is 0 Å². The monoisotopic (exact) mass is 515 g/mol. The summed E-state index contributed by atoms with van der Waals surface area (Å²) in [5.74, 6) is 2.11. The van der Waals surface area contributed by atoms with Crippen LogP contribution in [0.2, 0.25) is 0 Å². The van der Waals surface area contributed by atoms with Gasteiger partial charge in [0, 0.05) is 24.6 Å². The minimum atomic E-state index is -0.500. The summed E-state index contributed by atoms with van der Waals surface area (Å²) in [5.41, 5.74) is 6.08. The summed E-state index contributed by atoms with van der Waals surface area (Å²) < 4.78 is 22.9. The first-order chi connectivity index (χ1) is 17.4. The predicted octanol–water partition coefficient (Wildman–Crippen LogP) is 2.48. The van der Waals surface area contributed by atoms with Gasteiger partial charge in [-0.25, -0.2) is 0 Å². The Bertz CT molecular complexity index is 1190. The first kappa shape index (κ1) is 26.7. The van der Waals surface area contributed by atoms with Crippen LogP contribution in [0.3, 0.4) is 0 Å². The van der Waals surface area contributed by atoms with Crippen LogP contribution < -0.4 is 29.8 Å². The van der Waals surface area contributed by atoms with Gasteiger partial charge in [0.25, 0.3) is 5.91 Å². The Labute approximate surface area is 213 Å². The van der Waals surface area contributed by atoms with Gasteiger partial charge in [-0.15, -0.1) is 10.2 Å². The molecule has 0 spiro atoms. The molecule has 192 valence electrons. The summed E-state index contributed by atoms with van der Waals surface area (Å²) in [6, 6.07) is 10.4. The first-order valence-corrected chi connectivity index (χ1v) is 12.0. The normalized spacial score (nSPS) is 10.5. The maximum absolute atomic E-state index is 12.4. The van der Waals surface area contributed by atoms with Crippen molar-refractivity contribution in [3.8, 4) is 23.0 Å². The lowest BCUT2D eigenvalue weighted by Gasteiger charge is -2.11. The lowest BCUT2D eigenvalue weighted by atomic mass is 10.1. The fourth-order valence-corrected chi connectivity index (χ4v) is 4.17. The molecule has 1 aromatic heterocycles. The first-order valence-electron chi connectivity index (χ1n) is 11.0. The molecule has 0 unspecified atom stereocenters. The second-order valence-corrected chi connectivity index (χ2v) is 8.34. The summed E-state index contributed by atoms with van der Waals surface area (Å²) in [4.78, 5) is 24.8. The number of benzene rings is 2. The zero-order valence-electron chi connectivity index (χ0n) is 20.8. The van der Waals surface area contributed by atoms with E-state index in [4.69, 9.17) is 18.9 Å². The van der Waals surface area contributed by atoms with E-state index in [-0.39, 0.29) is 11.3 Å². The van der Waals surface area contributed by atoms with Crippen LogP contribution in [-0.2, 0) is 17.8 Å². The van der Waals surface area contributed by atoms with Crippen molar-refractivity contribution in [3.63, 3.8) is 0 Å². The number of hydrogen-bond donors (Lipinski definition) is 2. The van der Waals surface area contributed by atoms with Gasteiger partial charge in [0.2, 0.25) is 5.91 Å². The van der Waals surface area contributed by atoms with Crippen LogP contribution in [0.4, 0.5) is 0 Å². The Kier molecular flexibility index (Phi) is 9.39. The molecule has 12 heteroatoms. The Morgan fingerprint density at radius 1 is 0.889 bits per heavy atom. The van der Waals surface area contributed by atoms with Crippen molar-refractivity contribution in [2.75, 3.05) is 34.2 Å². The van der Waals surface area contributed by atoms with E-state index in [1.54, 1.807) is 32.4 Å². The summed E-state index contributed by atoms with van der Waals surface area (Å²) >= 11 is 1.23.